The first-order chi connectivity index (χ1) is 21.4. The fraction of sp³-hybridized carbons (Fsp3) is 0.257. The summed E-state index contributed by atoms with van der Waals surface area (Å²) < 4.78 is 29.4. The Morgan fingerprint density at radius 3 is 2.09 bits per heavy atom. The van der Waals surface area contributed by atoms with Gasteiger partial charge in [0.25, 0.3) is 10.0 Å². The molecule has 0 spiro atoms. The second kappa shape index (κ2) is 15.0. The number of hydrogen-bond donors (Lipinski definition) is 1. The Kier molecular flexibility index (Phi) is 11.3. The highest BCUT2D eigenvalue weighted by Crippen LogP contribution is 2.28. The maximum atomic E-state index is 14.4. The summed E-state index contributed by atoms with van der Waals surface area (Å²) in [7, 11) is -2.69. The largest absolute Gasteiger partial charge is 0.357 e. The Balaban J connectivity index is 1.81. The summed E-state index contributed by atoms with van der Waals surface area (Å²) in [4.78, 5) is 29.3. The smallest absolute Gasteiger partial charge is 0.264 e. The fourth-order valence-corrected chi connectivity index (χ4v) is 6.83. The molecule has 10 heteroatoms. The molecule has 236 valence electrons. The normalized spacial score (nSPS) is 12.1. The number of nitrogens with one attached hydrogen (secondary N) is 1. The summed E-state index contributed by atoms with van der Waals surface area (Å²) in [5.41, 5.74) is 3.65. The maximum absolute atomic E-state index is 14.4. The van der Waals surface area contributed by atoms with Gasteiger partial charge in [-0.05, 0) is 65.9 Å². The van der Waals surface area contributed by atoms with E-state index < -0.39 is 34.4 Å². The molecule has 0 aliphatic carbocycles. The minimum atomic E-state index is -4.19. The molecule has 0 radical (unpaired) electrons. The van der Waals surface area contributed by atoms with E-state index in [-0.39, 0.29) is 23.8 Å². The summed E-state index contributed by atoms with van der Waals surface area (Å²) in [5.74, 6) is -0.741. The van der Waals surface area contributed by atoms with Crippen LogP contribution in [0.1, 0.15) is 42.0 Å². The fourth-order valence-electron chi connectivity index (χ4n) is 4.95. The van der Waals surface area contributed by atoms with Gasteiger partial charge >= 0.3 is 0 Å². The molecule has 0 saturated heterocycles. The van der Waals surface area contributed by atoms with Gasteiger partial charge in [-0.15, -0.1) is 0 Å². The van der Waals surface area contributed by atoms with Crippen LogP contribution in [0.3, 0.4) is 0 Å². The summed E-state index contributed by atoms with van der Waals surface area (Å²) in [5, 5.41) is 3.42. The van der Waals surface area contributed by atoms with Gasteiger partial charge < -0.3 is 10.2 Å². The van der Waals surface area contributed by atoms with E-state index in [1.54, 1.807) is 42.5 Å². The topological polar surface area (TPSA) is 86.8 Å². The standard InChI is InChI=1S/C35H37Cl2N3O4S/c1-24(2)27-13-16-30(17-14-27)40(45(43,44)31-18-10-25(3)11-19-31)23-34(41)39(22-28-12-15-29(36)21-32(28)37)33(35(42)38-4)20-26-8-6-5-7-9-26/h5-19,21,24,33H,20,22-23H2,1-4H3,(H,38,42)/t33-/m1/s1. The van der Waals surface area contributed by atoms with Crippen LogP contribution in [0.15, 0.2) is 102 Å². The lowest BCUT2D eigenvalue weighted by atomic mass is 10.0. The zero-order chi connectivity index (χ0) is 32.7. The lowest BCUT2D eigenvalue weighted by molar-refractivity contribution is -0.139. The molecule has 0 fully saturated rings. The van der Waals surface area contributed by atoms with Crippen LogP contribution >= 0.6 is 23.2 Å². The van der Waals surface area contributed by atoms with E-state index in [1.165, 1.54) is 24.1 Å². The van der Waals surface area contributed by atoms with Crippen LogP contribution in [0.2, 0.25) is 10.0 Å². The van der Waals surface area contributed by atoms with Crippen LogP contribution in [0, 0.1) is 6.92 Å². The number of amides is 2. The van der Waals surface area contributed by atoms with Gasteiger partial charge in [-0.2, -0.15) is 0 Å². The van der Waals surface area contributed by atoms with E-state index in [4.69, 9.17) is 23.2 Å². The molecule has 4 aromatic rings. The van der Waals surface area contributed by atoms with Gasteiger partial charge in [0.2, 0.25) is 11.8 Å². The molecule has 45 heavy (non-hydrogen) atoms. The number of rotatable bonds is 12. The van der Waals surface area contributed by atoms with Crippen LogP contribution in [-0.4, -0.2) is 44.8 Å². The number of carbonyl (C=O) groups is 2. The van der Waals surface area contributed by atoms with E-state index in [1.807, 2.05) is 63.2 Å². The number of benzene rings is 4. The van der Waals surface area contributed by atoms with Crippen molar-refractivity contribution >= 4 is 50.7 Å². The molecule has 2 amide bonds. The molecule has 1 N–H and O–H groups in total. The lowest BCUT2D eigenvalue weighted by Crippen LogP contribution is -2.53. The summed E-state index contributed by atoms with van der Waals surface area (Å²) in [6.07, 6.45) is 0.200. The van der Waals surface area contributed by atoms with Crippen molar-refractivity contribution in [1.29, 1.82) is 0 Å². The number of anilines is 1. The molecule has 0 unspecified atom stereocenters. The third kappa shape index (κ3) is 8.45. The molecule has 0 aliphatic rings. The maximum Gasteiger partial charge on any atom is 0.264 e. The van der Waals surface area contributed by atoms with Crippen molar-refractivity contribution in [2.75, 3.05) is 17.9 Å². The van der Waals surface area contributed by atoms with Crippen molar-refractivity contribution in [2.24, 2.45) is 0 Å². The van der Waals surface area contributed by atoms with Gasteiger partial charge in [0, 0.05) is 30.1 Å². The van der Waals surface area contributed by atoms with Gasteiger partial charge in [0.05, 0.1) is 10.6 Å². The molecular weight excluding hydrogens is 629 g/mol. The summed E-state index contributed by atoms with van der Waals surface area (Å²) in [6, 6.07) is 26.9. The van der Waals surface area contributed by atoms with Crippen molar-refractivity contribution in [3.63, 3.8) is 0 Å². The quantitative estimate of drug-likeness (QED) is 0.176. The summed E-state index contributed by atoms with van der Waals surface area (Å²) in [6.45, 7) is 5.36. The first-order valence-corrected chi connectivity index (χ1v) is 16.8. The molecule has 4 aromatic carbocycles. The van der Waals surface area contributed by atoms with E-state index in [0.29, 0.717) is 21.3 Å². The van der Waals surface area contributed by atoms with Crippen molar-refractivity contribution in [3.05, 3.63) is 129 Å². The van der Waals surface area contributed by atoms with Crippen LogP contribution < -0.4 is 9.62 Å². The third-order valence-electron chi connectivity index (χ3n) is 7.61. The van der Waals surface area contributed by atoms with Crippen LogP contribution in [-0.2, 0) is 32.6 Å². The molecule has 0 heterocycles. The van der Waals surface area contributed by atoms with E-state index in [9.17, 15) is 18.0 Å². The first-order valence-electron chi connectivity index (χ1n) is 14.6. The molecule has 1 atom stereocenters. The predicted octanol–water partition coefficient (Wildman–Crippen LogP) is 7.01. The van der Waals surface area contributed by atoms with Gasteiger partial charge in [0.1, 0.15) is 12.6 Å². The Hall–Kier alpha value is -3.85. The number of carbonyl (C=O) groups excluding carboxylic acids is 2. The zero-order valence-corrected chi connectivity index (χ0v) is 28.0. The van der Waals surface area contributed by atoms with Crippen molar-refractivity contribution in [3.8, 4) is 0 Å². The molecular formula is C35H37Cl2N3O4S. The SMILES string of the molecule is CNC(=O)[C@@H](Cc1ccccc1)N(Cc1ccc(Cl)cc1Cl)C(=O)CN(c1ccc(C(C)C)cc1)S(=O)(=O)c1ccc(C)cc1. The Morgan fingerprint density at radius 2 is 1.51 bits per heavy atom. The Bertz CT molecular complexity index is 1730. The Labute approximate surface area is 275 Å². The highest BCUT2D eigenvalue weighted by atomic mass is 35.5. The van der Waals surface area contributed by atoms with Crippen LogP contribution in [0.25, 0.3) is 0 Å². The summed E-state index contributed by atoms with van der Waals surface area (Å²) >= 11 is 12.7. The highest BCUT2D eigenvalue weighted by Gasteiger charge is 2.34. The van der Waals surface area contributed by atoms with E-state index in [2.05, 4.69) is 5.32 Å². The van der Waals surface area contributed by atoms with E-state index >= 15 is 0 Å². The average molecular weight is 667 g/mol. The van der Waals surface area contributed by atoms with Gasteiger partial charge in [-0.1, -0.05) is 103 Å². The number of hydrogen-bond acceptors (Lipinski definition) is 4. The average Bonchev–Trinajstić information content (AvgIpc) is 3.02. The second-order valence-corrected chi connectivity index (χ2v) is 13.9. The molecule has 0 saturated carbocycles. The number of aryl methyl sites for hydroxylation is 1. The van der Waals surface area contributed by atoms with Crippen LogP contribution in [0.5, 0.6) is 0 Å². The number of halogens is 2. The minimum Gasteiger partial charge on any atom is -0.357 e. The minimum absolute atomic E-state index is 0.0493. The second-order valence-electron chi connectivity index (χ2n) is 11.1. The predicted molar refractivity (Wildman–Crippen MR) is 181 cm³/mol. The van der Waals surface area contributed by atoms with Gasteiger partial charge in [-0.25, -0.2) is 8.42 Å². The lowest BCUT2D eigenvalue weighted by Gasteiger charge is -2.34. The van der Waals surface area contributed by atoms with Crippen molar-refractivity contribution < 1.29 is 18.0 Å². The number of nitrogens with zero attached hydrogens (tertiary/aromatic N) is 2. The monoisotopic (exact) mass is 665 g/mol. The molecule has 0 aromatic heterocycles. The molecule has 0 bridgehead atoms. The van der Waals surface area contributed by atoms with E-state index in [0.717, 1.165) is 21.0 Å². The molecule has 7 nitrogen and oxygen atoms in total. The highest BCUT2D eigenvalue weighted by molar-refractivity contribution is 7.92. The number of sulfonamides is 1. The van der Waals surface area contributed by atoms with Gasteiger partial charge in [-0.3, -0.25) is 13.9 Å². The molecule has 4 rings (SSSR count). The van der Waals surface area contributed by atoms with Crippen LogP contribution in [0.4, 0.5) is 5.69 Å². The van der Waals surface area contributed by atoms with Gasteiger partial charge in [0.15, 0.2) is 0 Å². The third-order valence-corrected chi connectivity index (χ3v) is 9.98. The Morgan fingerprint density at radius 1 is 0.867 bits per heavy atom. The first kappa shape index (κ1) is 34.0. The number of likely N-dealkylation sites (N-methyl/N-ethyl adjacent to an activating group) is 1. The zero-order valence-electron chi connectivity index (χ0n) is 25.7. The van der Waals surface area contributed by atoms with Crippen molar-refractivity contribution in [1.82, 2.24) is 10.2 Å². The molecule has 0 aliphatic heterocycles. The van der Waals surface area contributed by atoms with Crippen molar-refractivity contribution in [2.45, 2.75) is 50.6 Å².